The van der Waals surface area contributed by atoms with Gasteiger partial charge in [0.05, 0.1) is 27.9 Å². The molecule has 2 heterocycles. The quantitative estimate of drug-likeness (QED) is 0.524. The van der Waals surface area contributed by atoms with Crippen LogP contribution < -0.4 is 5.32 Å². The van der Waals surface area contributed by atoms with Gasteiger partial charge in [-0.25, -0.2) is 4.98 Å². The lowest BCUT2D eigenvalue weighted by Gasteiger charge is -2.03. The van der Waals surface area contributed by atoms with E-state index in [1.807, 2.05) is 30.3 Å². The highest BCUT2D eigenvalue weighted by Crippen LogP contribution is 2.24. The van der Waals surface area contributed by atoms with Gasteiger partial charge in [-0.1, -0.05) is 23.7 Å². The van der Waals surface area contributed by atoms with Crippen molar-refractivity contribution in [2.24, 2.45) is 0 Å². The van der Waals surface area contributed by atoms with E-state index in [4.69, 9.17) is 11.6 Å². The van der Waals surface area contributed by atoms with Crippen LogP contribution in [0.2, 0.25) is 5.02 Å². The zero-order valence-electron chi connectivity index (χ0n) is 11.4. The highest BCUT2D eigenvalue weighted by molar-refractivity contribution is 6.35. The number of hydrogen-bond donors (Lipinski definition) is 3. The molecule has 0 aliphatic rings. The van der Waals surface area contributed by atoms with E-state index >= 15 is 0 Å². The summed E-state index contributed by atoms with van der Waals surface area (Å²) in [4.78, 5) is 22.6. The summed E-state index contributed by atoms with van der Waals surface area (Å²) in [6.45, 7) is 0. The Balaban J connectivity index is 1.66. The number of benzene rings is 2. The number of nitrogens with one attached hydrogen (secondary N) is 3. The third kappa shape index (κ3) is 2.12. The molecule has 0 saturated heterocycles. The number of H-pyrrole nitrogens is 2. The van der Waals surface area contributed by atoms with Gasteiger partial charge in [0, 0.05) is 11.1 Å². The van der Waals surface area contributed by atoms with Crippen molar-refractivity contribution in [2.45, 2.75) is 0 Å². The van der Waals surface area contributed by atoms with Crippen LogP contribution in [0.15, 0.2) is 48.8 Å². The Labute approximate surface area is 130 Å². The Morgan fingerprint density at radius 2 is 2.09 bits per heavy atom. The minimum absolute atomic E-state index is 0.217. The number of imidazole rings is 1. The minimum atomic E-state index is -0.217. The number of rotatable bonds is 2. The lowest BCUT2D eigenvalue weighted by atomic mass is 10.2. The van der Waals surface area contributed by atoms with Gasteiger partial charge in [0.2, 0.25) is 0 Å². The summed E-state index contributed by atoms with van der Waals surface area (Å²) in [6, 6.07) is 12.8. The number of aromatic nitrogens is 3. The molecule has 108 valence electrons. The summed E-state index contributed by atoms with van der Waals surface area (Å²) in [5, 5.41) is 4.36. The predicted octanol–water partition coefficient (Wildman–Crippen LogP) is 3.95. The maximum Gasteiger partial charge on any atom is 0.272 e. The molecule has 1 amide bonds. The monoisotopic (exact) mass is 310 g/mol. The third-order valence-corrected chi connectivity index (χ3v) is 3.84. The van der Waals surface area contributed by atoms with Gasteiger partial charge in [-0.2, -0.15) is 0 Å². The van der Waals surface area contributed by atoms with Gasteiger partial charge >= 0.3 is 0 Å². The van der Waals surface area contributed by atoms with Gasteiger partial charge < -0.3 is 15.3 Å². The number of nitrogens with zero attached hydrogens (tertiary/aromatic N) is 1. The second kappa shape index (κ2) is 4.89. The molecule has 5 nitrogen and oxygen atoms in total. The van der Waals surface area contributed by atoms with Crippen LogP contribution >= 0.6 is 11.6 Å². The number of fused-ring (bicyclic) bond motifs is 2. The zero-order valence-corrected chi connectivity index (χ0v) is 12.1. The Kier molecular flexibility index (Phi) is 2.87. The Morgan fingerprint density at radius 3 is 2.95 bits per heavy atom. The summed E-state index contributed by atoms with van der Waals surface area (Å²) in [7, 11) is 0. The van der Waals surface area contributed by atoms with Gasteiger partial charge in [0.25, 0.3) is 5.91 Å². The first-order valence-electron chi connectivity index (χ1n) is 6.72. The number of hydrogen-bond acceptors (Lipinski definition) is 2. The summed E-state index contributed by atoms with van der Waals surface area (Å²) >= 11 is 6.11. The second-order valence-corrected chi connectivity index (χ2v) is 5.38. The average Bonchev–Trinajstić information content (AvgIpc) is 3.13. The van der Waals surface area contributed by atoms with Crippen molar-refractivity contribution >= 4 is 45.1 Å². The summed E-state index contributed by atoms with van der Waals surface area (Å²) in [5.41, 5.74) is 3.66. The SMILES string of the molecule is O=C(Nc1ccc2nc[nH]c2c1)c1cc2cccc(Cl)c2[nH]1. The van der Waals surface area contributed by atoms with Gasteiger partial charge in [0.15, 0.2) is 0 Å². The van der Waals surface area contributed by atoms with Gasteiger partial charge in [-0.3, -0.25) is 4.79 Å². The van der Waals surface area contributed by atoms with Crippen molar-refractivity contribution in [1.82, 2.24) is 15.0 Å². The normalized spacial score (nSPS) is 11.1. The van der Waals surface area contributed by atoms with Crippen molar-refractivity contribution in [3.8, 4) is 0 Å². The number of carbonyl (C=O) groups excluding carboxylic acids is 1. The molecular formula is C16H11ClN4O. The van der Waals surface area contributed by atoms with Crippen molar-refractivity contribution in [2.75, 3.05) is 5.32 Å². The van der Waals surface area contributed by atoms with Crippen LogP contribution in [0.1, 0.15) is 10.5 Å². The molecule has 0 unspecified atom stereocenters. The topological polar surface area (TPSA) is 73.6 Å². The fourth-order valence-corrected chi connectivity index (χ4v) is 2.68. The highest BCUT2D eigenvalue weighted by atomic mass is 35.5. The molecule has 4 aromatic rings. The molecule has 0 bridgehead atoms. The number of aromatic amines is 2. The minimum Gasteiger partial charge on any atom is -0.349 e. The molecule has 22 heavy (non-hydrogen) atoms. The first kappa shape index (κ1) is 12.9. The van der Waals surface area contributed by atoms with E-state index < -0.39 is 0 Å². The van der Waals surface area contributed by atoms with E-state index in [2.05, 4.69) is 20.3 Å². The van der Waals surface area contributed by atoms with E-state index in [1.54, 1.807) is 18.5 Å². The molecule has 0 radical (unpaired) electrons. The maximum atomic E-state index is 12.4. The van der Waals surface area contributed by atoms with Crippen molar-refractivity contribution in [3.05, 3.63) is 59.5 Å². The van der Waals surface area contributed by atoms with E-state index in [0.29, 0.717) is 16.4 Å². The van der Waals surface area contributed by atoms with E-state index in [0.717, 1.165) is 21.9 Å². The summed E-state index contributed by atoms with van der Waals surface area (Å²) in [6.07, 6.45) is 1.62. The van der Waals surface area contributed by atoms with Crippen LogP contribution in [0, 0.1) is 0 Å². The van der Waals surface area contributed by atoms with E-state index in [-0.39, 0.29) is 5.91 Å². The number of anilines is 1. The molecule has 0 saturated carbocycles. The van der Waals surface area contributed by atoms with Crippen molar-refractivity contribution < 1.29 is 4.79 Å². The smallest absolute Gasteiger partial charge is 0.272 e. The highest BCUT2D eigenvalue weighted by Gasteiger charge is 2.11. The molecule has 6 heteroatoms. The number of amides is 1. The predicted molar refractivity (Wildman–Crippen MR) is 87.4 cm³/mol. The van der Waals surface area contributed by atoms with Crippen molar-refractivity contribution in [3.63, 3.8) is 0 Å². The van der Waals surface area contributed by atoms with Crippen LogP contribution in [-0.2, 0) is 0 Å². The van der Waals surface area contributed by atoms with Crippen LogP contribution in [0.4, 0.5) is 5.69 Å². The first-order chi connectivity index (χ1) is 10.7. The molecule has 0 aliphatic heterocycles. The number of carbonyl (C=O) groups is 1. The Hall–Kier alpha value is -2.79. The van der Waals surface area contributed by atoms with E-state index in [9.17, 15) is 4.79 Å². The van der Waals surface area contributed by atoms with Crippen molar-refractivity contribution in [1.29, 1.82) is 0 Å². The number of halogens is 1. The Morgan fingerprint density at radius 1 is 1.18 bits per heavy atom. The second-order valence-electron chi connectivity index (χ2n) is 4.98. The summed E-state index contributed by atoms with van der Waals surface area (Å²) < 4.78 is 0. The molecule has 0 atom stereocenters. The fraction of sp³-hybridized carbons (Fsp3) is 0. The van der Waals surface area contributed by atoms with Gasteiger partial charge in [-0.15, -0.1) is 0 Å². The van der Waals surface area contributed by atoms with E-state index in [1.165, 1.54) is 0 Å². The largest absolute Gasteiger partial charge is 0.349 e. The average molecular weight is 311 g/mol. The molecule has 2 aromatic heterocycles. The maximum absolute atomic E-state index is 12.4. The molecule has 2 aromatic carbocycles. The first-order valence-corrected chi connectivity index (χ1v) is 7.10. The van der Waals surface area contributed by atoms with Gasteiger partial charge in [-0.05, 0) is 30.3 Å². The summed E-state index contributed by atoms with van der Waals surface area (Å²) in [5.74, 6) is -0.217. The standard InChI is InChI=1S/C16H11ClN4O/c17-11-3-1-2-9-6-14(21-15(9)11)16(22)20-10-4-5-12-13(7-10)19-8-18-12/h1-8,21H,(H,18,19)(H,20,22). The van der Waals surface area contributed by atoms with Crippen LogP contribution in [0.3, 0.4) is 0 Å². The molecule has 0 spiro atoms. The lowest BCUT2D eigenvalue weighted by molar-refractivity contribution is 0.102. The van der Waals surface area contributed by atoms with Crippen LogP contribution in [0.5, 0.6) is 0 Å². The fourth-order valence-electron chi connectivity index (χ4n) is 2.45. The van der Waals surface area contributed by atoms with Crippen LogP contribution in [0.25, 0.3) is 21.9 Å². The Bertz CT molecular complexity index is 1000. The molecule has 0 fully saturated rings. The molecular weight excluding hydrogens is 300 g/mol. The number of para-hydroxylation sites is 1. The lowest BCUT2D eigenvalue weighted by Crippen LogP contribution is -2.12. The van der Waals surface area contributed by atoms with Crippen LogP contribution in [-0.4, -0.2) is 20.9 Å². The molecule has 4 rings (SSSR count). The zero-order chi connectivity index (χ0) is 15.1. The third-order valence-electron chi connectivity index (χ3n) is 3.53. The van der Waals surface area contributed by atoms with Gasteiger partial charge in [0.1, 0.15) is 5.69 Å². The molecule has 3 N–H and O–H groups in total. The molecule has 0 aliphatic carbocycles.